The number of thiophene rings is 1. The number of benzene rings is 4. The van der Waals surface area contributed by atoms with Crippen molar-refractivity contribution >= 4 is 42.5 Å². The van der Waals surface area contributed by atoms with Crippen LogP contribution in [0.4, 0.5) is 0 Å². The van der Waals surface area contributed by atoms with E-state index in [1.165, 1.54) is 65.0 Å². The summed E-state index contributed by atoms with van der Waals surface area (Å²) in [6.45, 7) is 19.2. The lowest BCUT2D eigenvalue weighted by atomic mass is 9.61. The Balaban J connectivity index is 1.78. The van der Waals surface area contributed by atoms with Gasteiger partial charge in [-0.05, 0) is 73.1 Å². The Kier molecular flexibility index (Phi) is 6.23. The van der Waals surface area contributed by atoms with Gasteiger partial charge in [-0.1, -0.05) is 97.0 Å². The van der Waals surface area contributed by atoms with Crippen LogP contribution in [0.15, 0.2) is 78.9 Å². The molecule has 7 rings (SSSR count). The topological polar surface area (TPSA) is 8.81 Å². The molecule has 0 aliphatic carbocycles. The monoisotopic (exact) mass is 571 g/mol. The van der Waals surface area contributed by atoms with E-state index in [0.29, 0.717) is 11.8 Å². The van der Waals surface area contributed by atoms with Crippen molar-refractivity contribution in [1.29, 1.82) is 0 Å². The van der Waals surface area contributed by atoms with Crippen molar-refractivity contribution in [2.45, 2.75) is 91.0 Å². The fraction of sp³-hybridized carbons (Fsp3) is 0.359. The Hall–Kier alpha value is -3.43. The first-order chi connectivity index (χ1) is 20.2. The summed E-state index contributed by atoms with van der Waals surface area (Å²) in [6, 6.07) is 30.0. The average molecular weight is 572 g/mol. The van der Waals surface area contributed by atoms with Crippen LogP contribution in [0.2, 0.25) is 0 Å². The number of hydrogen-bond acceptors (Lipinski definition) is 1. The first-order valence-corrected chi connectivity index (χ1v) is 16.6. The van der Waals surface area contributed by atoms with E-state index in [-0.39, 0.29) is 11.0 Å². The number of fused-ring (bicyclic) bond motifs is 8. The third-order valence-electron chi connectivity index (χ3n) is 10.8. The van der Waals surface area contributed by atoms with Crippen molar-refractivity contribution in [3.8, 4) is 17.1 Å². The van der Waals surface area contributed by atoms with Gasteiger partial charge in [0.1, 0.15) is 11.2 Å². The summed E-state index contributed by atoms with van der Waals surface area (Å²) in [6.07, 6.45) is 2.14. The van der Waals surface area contributed by atoms with E-state index in [1.807, 2.05) is 11.3 Å². The smallest absolute Gasteiger partial charge is 0.216 e. The molecule has 1 aliphatic heterocycles. The van der Waals surface area contributed by atoms with E-state index >= 15 is 0 Å². The number of hydrogen-bond donors (Lipinski definition) is 0. The van der Waals surface area contributed by atoms with E-state index < -0.39 is 0 Å². The van der Waals surface area contributed by atoms with Crippen molar-refractivity contribution in [2.75, 3.05) is 0 Å². The maximum absolute atomic E-state index is 2.73. The summed E-state index contributed by atoms with van der Waals surface area (Å²) in [4.78, 5) is 0. The van der Waals surface area contributed by atoms with Crippen LogP contribution in [0.1, 0.15) is 96.8 Å². The Morgan fingerprint density at radius 3 is 2.17 bits per heavy atom. The second-order valence-corrected chi connectivity index (χ2v) is 14.4. The lowest BCUT2D eigenvalue weighted by molar-refractivity contribution is -0.743. The summed E-state index contributed by atoms with van der Waals surface area (Å²) in [5.74, 6) is 2.14. The normalized spacial score (nSPS) is 20.2. The number of nitrogens with zero attached hydrogens (tertiary/aromatic N) is 2. The fourth-order valence-electron chi connectivity index (χ4n) is 7.99. The molecular weight excluding hydrogens is 529 g/mol. The van der Waals surface area contributed by atoms with Crippen LogP contribution in [-0.2, 0) is 11.0 Å². The van der Waals surface area contributed by atoms with Gasteiger partial charge >= 0.3 is 0 Å². The van der Waals surface area contributed by atoms with Crippen molar-refractivity contribution < 1.29 is 4.57 Å². The number of imidazole rings is 1. The fourth-order valence-corrected chi connectivity index (χ4v) is 9.36. The highest BCUT2D eigenvalue weighted by Crippen LogP contribution is 2.53. The molecule has 3 heteroatoms. The van der Waals surface area contributed by atoms with Crippen LogP contribution < -0.4 is 4.57 Å². The largest absolute Gasteiger partial charge is 0.295 e. The molecule has 1 aliphatic rings. The van der Waals surface area contributed by atoms with Gasteiger partial charge in [-0.25, -0.2) is 4.57 Å². The Morgan fingerprint density at radius 1 is 0.786 bits per heavy atom. The lowest BCUT2D eigenvalue weighted by Gasteiger charge is -2.47. The molecule has 2 atom stereocenters. The van der Waals surface area contributed by atoms with E-state index in [2.05, 4.69) is 143 Å². The van der Waals surface area contributed by atoms with Crippen LogP contribution in [-0.4, -0.2) is 4.57 Å². The summed E-state index contributed by atoms with van der Waals surface area (Å²) < 4.78 is 8.20. The molecule has 6 aromatic rings. The van der Waals surface area contributed by atoms with Gasteiger partial charge in [0, 0.05) is 31.2 Å². The third kappa shape index (κ3) is 3.41. The quantitative estimate of drug-likeness (QED) is 0.182. The van der Waals surface area contributed by atoms with E-state index in [0.717, 1.165) is 12.8 Å². The molecule has 0 amide bonds. The van der Waals surface area contributed by atoms with Crippen LogP contribution in [0.5, 0.6) is 0 Å². The molecule has 0 spiro atoms. The average Bonchev–Trinajstić information content (AvgIpc) is 3.56. The molecule has 42 heavy (non-hydrogen) atoms. The molecule has 3 heterocycles. The molecular formula is C39H43N2S+. The molecule has 0 fully saturated rings. The van der Waals surface area contributed by atoms with Crippen molar-refractivity contribution in [3.63, 3.8) is 0 Å². The maximum Gasteiger partial charge on any atom is 0.295 e. The molecule has 2 nitrogen and oxygen atoms in total. The van der Waals surface area contributed by atoms with Gasteiger partial charge in [0.2, 0.25) is 0 Å². The zero-order chi connectivity index (χ0) is 29.6. The molecule has 2 unspecified atom stereocenters. The van der Waals surface area contributed by atoms with Gasteiger partial charge in [0.05, 0.1) is 5.56 Å². The second-order valence-electron chi connectivity index (χ2n) is 13.4. The highest BCUT2D eigenvalue weighted by atomic mass is 32.1. The minimum atomic E-state index is -0.0953. The van der Waals surface area contributed by atoms with Gasteiger partial charge < -0.3 is 0 Å². The van der Waals surface area contributed by atoms with Crippen LogP contribution in [0.25, 0.3) is 48.3 Å². The van der Waals surface area contributed by atoms with Gasteiger partial charge in [0.15, 0.2) is 11.0 Å². The maximum atomic E-state index is 2.73. The molecule has 0 saturated carbocycles. The Bertz CT molecular complexity index is 2000. The second kappa shape index (κ2) is 9.54. The molecule has 2 aromatic heterocycles. The van der Waals surface area contributed by atoms with Crippen LogP contribution >= 0.6 is 11.3 Å². The van der Waals surface area contributed by atoms with Gasteiger partial charge in [-0.3, -0.25) is 0 Å². The van der Waals surface area contributed by atoms with E-state index in [4.69, 9.17) is 0 Å². The molecule has 0 bridgehead atoms. The minimum Gasteiger partial charge on any atom is -0.216 e. The zero-order valence-electron chi connectivity index (χ0n) is 26.4. The number of aromatic nitrogens is 2. The lowest BCUT2D eigenvalue weighted by Crippen LogP contribution is -2.67. The van der Waals surface area contributed by atoms with Crippen LogP contribution in [0.3, 0.4) is 0 Å². The first-order valence-electron chi connectivity index (χ1n) is 15.8. The van der Waals surface area contributed by atoms with Gasteiger partial charge in [0.25, 0.3) is 5.82 Å². The number of para-hydroxylation sites is 2. The summed E-state index contributed by atoms with van der Waals surface area (Å²) in [5.41, 5.74) is 9.60. The summed E-state index contributed by atoms with van der Waals surface area (Å²) >= 11 is 1.96. The third-order valence-corrected chi connectivity index (χ3v) is 12.0. The molecule has 0 N–H and O–H groups in total. The van der Waals surface area contributed by atoms with Gasteiger partial charge in [-0.15, -0.1) is 11.3 Å². The molecule has 0 radical (unpaired) electrons. The number of rotatable bonds is 5. The molecule has 214 valence electrons. The van der Waals surface area contributed by atoms with Gasteiger partial charge in [-0.2, -0.15) is 4.57 Å². The Labute approximate surface area is 254 Å². The minimum absolute atomic E-state index is 0.00224. The van der Waals surface area contributed by atoms with Crippen LogP contribution in [0, 0.1) is 0 Å². The SMILES string of the molecule is CCC1(C)c2ccccc2-c2n(-c3c(C(C)C)cc(C(C)C)c4sc5ccccc5c34)c3ccccc3[n+]2C1(C)CC. The van der Waals surface area contributed by atoms with Crippen molar-refractivity contribution in [1.82, 2.24) is 4.57 Å². The first kappa shape index (κ1) is 27.4. The molecule has 0 saturated heterocycles. The standard InChI is InChI=1S/C39H43N2S/c1-9-38(7)30-19-13-11-17-26(30)37-40(31-20-14-15-21-32(31)41(37)39(38,8)10-2)35-28(24(3)4)23-29(25(5)6)36-34(35)27-18-12-16-22-33(27)42-36/h11-25H,9-10H2,1-8H3/q+1. The molecule has 4 aromatic carbocycles. The highest BCUT2D eigenvalue weighted by molar-refractivity contribution is 7.26. The van der Waals surface area contributed by atoms with Crippen molar-refractivity contribution in [3.05, 3.63) is 95.6 Å². The van der Waals surface area contributed by atoms with E-state index in [1.54, 1.807) is 0 Å². The zero-order valence-corrected chi connectivity index (χ0v) is 27.2. The highest BCUT2D eigenvalue weighted by Gasteiger charge is 2.56. The van der Waals surface area contributed by atoms with Crippen molar-refractivity contribution in [2.24, 2.45) is 0 Å². The van der Waals surface area contributed by atoms with E-state index in [9.17, 15) is 0 Å². The summed E-state index contributed by atoms with van der Waals surface area (Å²) in [7, 11) is 0. The predicted molar refractivity (Wildman–Crippen MR) is 182 cm³/mol. The summed E-state index contributed by atoms with van der Waals surface area (Å²) in [5, 5.41) is 2.78. The Morgan fingerprint density at radius 2 is 1.45 bits per heavy atom. The predicted octanol–water partition coefficient (Wildman–Crippen LogP) is 11.0.